The predicted molar refractivity (Wildman–Crippen MR) is 93.6 cm³/mol. The summed E-state index contributed by atoms with van der Waals surface area (Å²) in [6.07, 6.45) is 6.35. The molecule has 0 radical (unpaired) electrons. The van der Waals surface area contributed by atoms with Crippen molar-refractivity contribution in [1.29, 1.82) is 0 Å². The van der Waals surface area contributed by atoms with Crippen LogP contribution in [0.3, 0.4) is 0 Å². The highest BCUT2D eigenvalue weighted by atomic mass is 16.4. The van der Waals surface area contributed by atoms with E-state index >= 15 is 0 Å². The van der Waals surface area contributed by atoms with E-state index < -0.39 is 11.4 Å². The molecule has 2 unspecified atom stereocenters. The highest BCUT2D eigenvalue weighted by molar-refractivity contribution is 6.21. The van der Waals surface area contributed by atoms with Crippen LogP contribution in [-0.4, -0.2) is 34.3 Å². The molecule has 1 N–H and O–H groups in total. The first-order valence-corrected chi connectivity index (χ1v) is 9.60. The summed E-state index contributed by atoms with van der Waals surface area (Å²) < 4.78 is 0. The number of carbonyl (C=O) groups is 3. The number of carboxylic acids is 1. The molecule has 26 heavy (non-hydrogen) atoms. The van der Waals surface area contributed by atoms with E-state index in [1.165, 1.54) is 4.90 Å². The Labute approximate surface area is 152 Å². The van der Waals surface area contributed by atoms with E-state index in [2.05, 4.69) is 0 Å². The van der Waals surface area contributed by atoms with Crippen molar-refractivity contribution in [3.8, 4) is 0 Å². The quantitative estimate of drug-likeness (QED) is 0.843. The lowest BCUT2D eigenvalue weighted by Gasteiger charge is -2.60. The minimum atomic E-state index is -0.642. The molecule has 2 amide bonds. The number of imide groups is 1. The molecule has 4 saturated carbocycles. The van der Waals surface area contributed by atoms with E-state index in [4.69, 9.17) is 0 Å². The minimum Gasteiger partial charge on any atom is -0.481 e. The van der Waals surface area contributed by atoms with Gasteiger partial charge in [0, 0.05) is 6.54 Å². The van der Waals surface area contributed by atoms with Gasteiger partial charge in [0.05, 0.1) is 16.5 Å². The Balaban J connectivity index is 1.37. The van der Waals surface area contributed by atoms with E-state index in [1.54, 1.807) is 24.3 Å². The molecule has 1 aromatic carbocycles. The van der Waals surface area contributed by atoms with Crippen LogP contribution < -0.4 is 0 Å². The molecule has 1 aliphatic heterocycles. The molecule has 1 aromatic rings. The molecular weight excluding hydrogens is 330 g/mol. The molecule has 1 heterocycles. The maximum absolute atomic E-state index is 12.6. The van der Waals surface area contributed by atoms with E-state index in [0.717, 1.165) is 38.5 Å². The van der Waals surface area contributed by atoms with E-state index in [9.17, 15) is 19.5 Å². The number of nitrogens with zero attached hydrogens (tertiary/aromatic N) is 1. The zero-order valence-corrected chi connectivity index (χ0v) is 14.7. The lowest BCUT2D eigenvalue weighted by Crippen LogP contribution is -2.55. The molecule has 136 valence electrons. The van der Waals surface area contributed by atoms with Gasteiger partial charge in [-0.25, -0.2) is 0 Å². The minimum absolute atomic E-state index is 0.0161. The SMILES string of the molecule is O=C1c2ccccc2C(=O)N1CCC12CC3CC(C1)CC(C(=O)O)(C3)C2. The van der Waals surface area contributed by atoms with Gasteiger partial charge in [0.25, 0.3) is 11.8 Å². The summed E-state index contributed by atoms with van der Waals surface area (Å²) >= 11 is 0. The Morgan fingerprint density at radius 2 is 1.62 bits per heavy atom. The van der Waals surface area contributed by atoms with Gasteiger partial charge in [-0.1, -0.05) is 12.1 Å². The van der Waals surface area contributed by atoms with Crippen LogP contribution in [0, 0.1) is 22.7 Å². The van der Waals surface area contributed by atoms with Crippen molar-refractivity contribution >= 4 is 17.8 Å². The van der Waals surface area contributed by atoms with Gasteiger partial charge in [-0.15, -0.1) is 0 Å². The second-order valence-corrected chi connectivity index (χ2v) is 9.10. The van der Waals surface area contributed by atoms with Gasteiger partial charge < -0.3 is 5.11 Å². The molecule has 0 saturated heterocycles. The monoisotopic (exact) mass is 353 g/mol. The third-order valence-corrected chi connectivity index (χ3v) is 7.38. The smallest absolute Gasteiger partial charge is 0.309 e. The number of rotatable bonds is 4. The Bertz CT molecular complexity index is 780. The fourth-order valence-electron chi connectivity index (χ4n) is 6.79. The zero-order valence-electron chi connectivity index (χ0n) is 14.7. The zero-order chi connectivity index (χ0) is 18.1. The van der Waals surface area contributed by atoms with Crippen LogP contribution in [0.4, 0.5) is 0 Å². The third-order valence-electron chi connectivity index (χ3n) is 7.38. The Morgan fingerprint density at radius 3 is 2.15 bits per heavy atom. The Morgan fingerprint density at radius 1 is 1.04 bits per heavy atom. The van der Waals surface area contributed by atoms with Crippen LogP contribution in [0.15, 0.2) is 24.3 Å². The second-order valence-electron chi connectivity index (χ2n) is 9.10. The highest BCUT2D eigenvalue weighted by Gasteiger charge is 2.60. The molecule has 6 rings (SSSR count). The maximum atomic E-state index is 12.6. The molecule has 2 atom stereocenters. The van der Waals surface area contributed by atoms with Crippen LogP contribution in [0.1, 0.15) is 65.7 Å². The lowest BCUT2D eigenvalue weighted by atomic mass is 9.43. The van der Waals surface area contributed by atoms with E-state index in [-0.39, 0.29) is 17.2 Å². The van der Waals surface area contributed by atoms with Gasteiger partial charge in [0.2, 0.25) is 0 Å². The average Bonchev–Trinajstić information content (AvgIpc) is 2.83. The first kappa shape index (κ1) is 16.0. The predicted octanol–water partition coefficient (Wildman–Crippen LogP) is 3.34. The van der Waals surface area contributed by atoms with Crippen molar-refractivity contribution in [2.45, 2.75) is 44.9 Å². The van der Waals surface area contributed by atoms with Gasteiger partial charge in [0.1, 0.15) is 0 Å². The number of aliphatic carboxylic acids is 1. The second kappa shape index (κ2) is 5.18. The van der Waals surface area contributed by atoms with Crippen LogP contribution >= 0.6 is 0 Å². The number of fused-ring (bicyclic) bond motifs is 1. The Kier molecular flexibility index (Phi) is 3.19. The van der Waals surface area contributed by atoms with Crippen molar-refractivity contribution in [3.63, 3.8) is 0 Å². The molecular formula is C21H23NO4. The highest BCUT2D eigenvalue weighted by Crippen LogP contribution is 2.66. The van der Waals surface area contributed by atoms with Gasteiger partial charge in [-0.2, -0.15) is 0 Å². The molecule has 5 aliphatic rings. The van der Waals surface area contributed by atoms with Crippen molar-refractivity contribution < 1.29 is 19.5 Å². The van der Waals surface area contributed by atoms with Crippen molar-refractivity contribution in [3.05, 3.63) is 35.4 Å². The normalized spacial score (nSPS) is 37.3. The summed E-state index contributed by atoms with van der Waals surface area (Å²) in [6, 6.07) is 6.98. The number of hydrogen-bond donors (Lipinski definition) is 1. The maximum Gasteiger partial charge on any atom is 0.309 e. The summed E-state index contributed by atoms with van der Waals surface area (Å²) in [6.45, 7) is 0.404. The van der Waals surface area contributed by atoms with Crippen LogP contribution in [0.5, 0.6) is 0 Å². The fraction of sp³-hybridized carbons (Fsp3) is 0.571. The van der Waals surface area contributed by atoms with Gasteiger partial charge in [-0.05, 0) is 74.3 Å². The van der Waals surface area contributed by atoms with Gasteiger partial charge >= 0.3 is 5.97 Å². The molecule has 4 bridgehead atoms. The first-order valence-electron chi connectivity index (χ1n) is 9.60. The number of carbonyl (C=O) groups excluding carboxylic acids is 2. The summed E-state index contributed by atoms with van der Waals surface area (Å²) in [5.74, 6) is -0.0627. The fourth-order valence-corrected chi connectivity index (χ4v) is 6.79. The molecule has 5 nitrogen and oxygen atoms in total. The number of hydrogen-bond acceptors (Lipinski definition) is 3. The largest absolute Gasteiger partial charge is 0.481 e. The van der Waals surface area contributed by atoms with Crippen LogP contribution in [0.2, 0.25) is 0 Å². The molecule has 0 aromatic heterocycles. The van der Waals surface area contributed by atoms with Gasteiger partial charge in [0.15, 0.2) is 0 Å². The van der Waals surface area contributed by atoms with Gasteiger partial charge in [-0.3, -0.25) is 19.3 Å². The van der Waals surface area contributed by atoms with Crippen molar-refractivity contribution in [2.75, 3.05) is 6.54 Å². The summed E-state index contributed by atoms with van der Waals surface area (Å²) in [5.41, 5.74) is 0.402. The van der Waals surface area contributed by atoms with Crippen LogP contribution in [-0.2, 0) is 4.79 Å². The number of carboxylic acid groups (broad SMARTS) is 1. The standard InChI is InChI=1S/C21H23NO4/c23-17-15-3-1-2-4-16(15)18(24)22(17)6-5-20-8-13-7-14(9-20)11-21(10-13,12-20)19(25)26/h1-4,13-14H,5-12H2,(H,25,26). The first-order chi connectivity index (χ1) is 12.4. The van der Waals surface area contributed by atoms with Crippen molar-refractivity contribution in [2.24, 2.45) is 22.7 Å². The molecule has 4 fully saturated rings. The molecule has 0 spiro atoms. The number of amides is 2. The topological polar surface area (TPSA) is 74.7 Å². The lowest BCUT2D eigenvalue weighted by molar-refractivity contribution is -0.175. The van der Waals surface area contributed by atoms with Crippen molar-refractivity contribution in [1.82, 2.24) is 4.90 Å². The average molecular weight is 353 g/mol. The number of benzene rings is 1. The molecule has 5 heteroatoms. The third kappa shape index (κ3) is 2.12. The van der Waals surface area contributed by atoms with E-state index in [1.807, 2.05) is 0 Å². The Hall–Kier alpha value is -2.17. The van der Waals surface area contributed by atoms with Crippen LogP contribution in [0.25, 0.3) is 0 Å². The summed E-state index contributed by atoms with van der Waals surface area (Å²) in [5, 5.41) is 9.86. The van der Waals surface area contributed by atoms with E-state index in [0.29, 0.717) is 35.9 Å². The summed E-state index contributed by atoms with van der Waals surface area (Å²) in [7, 11) is 0. The molecule has 4 aliphatic carbocycles. The summed E-state index contributed by atoms with van der Waals surface area (Å²) in [4.78, 5) is 38.6.